The van der Waals surface area contributed by atoms with Crippen LogP contribution in [-0.2, 0) is 16.2 Å². The fourth-order valence-electron chi connectivity index (χ4n) is 2.50. The normalized spacial score (nSPS) is 12.5. The van der Waals surface area contributed by atoms with Gasteiger partial charge in [-0.3, -0.25) is 0 Å². The van der Waals surface area contributed by atoms with Crippen molar-refractivity contribution in [2.75, 3.05) is 0 Å². The standard InChI is InChI=1S/C17H12F3NO2S/c1-2-12-5-3-8-16-15(12)9-10-21(16)24(22,23)14-7-4-6-13(11-14)17(18,19)20/h2-11H,1H2. The molecule has 0 saturated carbocycles. The molecule has 24 heavy (non-hydrogen) atoms. The summed E-state index contributed by atoms with van der Waals surface area (Å²) < 4.78 is 65.0. The second kappa shape index (κ2) is 5.52. The molecular weight excluding hydrogens is 339 g/mol. The van der Waals surface area contributed by atoms with E-state index in [9.17, 15) is 21.6 Å². The van der Waals surface area contributed by atoms with Crippen LogP contribution in [0.25, 0.3) is 17.0 Å². The van der Waals surface area contributed by atoms with Gasteiger partial charge in [0.1, 0.15) is 0 Å². The summed E-state index contributed by atoms with van der Waals surface area (Å²) in [7, 11) is -4.15. The maximum Gasteiger partial charge on any atom is 0.416 e. The summed E-state index contributed by atoms with van der Waals surface area (Å²) in [5.41, 5.74) is 0.113. The van der Waals surface area contributed by atoms with E-state index in [4.69, 9.17) is 0 Å². The number of halogens is 3. The maximum absolute atomic E-state index is 12.8. The smallest absolute Gasteiger partial charge is 0.241 e. The van der Waals surface area contributed by atoms with E-state index in [-0.39, 0.29) is 0 Å². The summed E-state index contributed by atoms with van der Waals surface area (Å²) in [6.45, 7) is 3.67. The minimum absolute atomic E-state index is 0.379. The minimum Gasteiger partial charge on any atom is -0.241 e. The Bertz CT molecular complexity index is 1030. The zero-order valence-corrected chi connectivity index (χ0v) is 13.1. The van der Waals surface area contributed by atoms with Crippen molar-refractivity contribution in [3.8, 4) is 0 Å². The van der Waals surface area contributed by atoms with E-state index < -0.39 is 26.7 Å². The van der Waals surface area contributed by atoms with Crippen LogP contribution in [0.2, 0.25) is 0 Å². The largest absolute Gasteiger partial charge is 0.416 e. The molecule has 1 heterocycles. The van der Waals surface area contributed by atoms with Crippen LogP contribution >= 0.6 is 0 Å². The quantitative estimate of drug-likeness (QED) is 0.695. The number of hydrogen-bond acceptors (Lipinski definition) is 2. The molecule has 0 N–H and O–H groups in total. The summed E-state index contributed by atoms with van der Waals surface area (Å²) in [6, 6.07) is 10.3. The van der Waals surface area contributed by atoms with Gasteiger partial charge in [0, 0.05) is 11.6 Å². The number of nitrogens with zero attached hydrogens (tertiary/aromatic N) is 1. The molecular formula is C17H12F3NO2S. The Kier molecular flexibility index (Phi) is 3.76. The van der Waals surface area contributed by atoms with Crippen LogP contribution in [0.5, 0.6) is 0 Å². The second-order valence-corrected chi connectivity index (χ2v) is 6.94. The predicted octanol–water partition coefficient (Wildman–Crippen LogP) is 4.54. The molecule has 3 rings (SSSR count). The zero-order chi connectivity index (χ0) is 17.5. The van der Waals surface area contributed by atoms with Crippen LogP contribution in [-0.4, -0.2) is 12.4 Å². The summed E-state index contributed by atoms with van der Waals surface area (Å²) in [4.78, 5) is -0.418. The molecule has 3 aromatic rings. The van der Waals surface area contributed by atoms with Crippen molar-refractivity contribution in [3.05, 3.63) is 72.4 Å². The van der Waals surface area contributed by atoms with E-state index in [1.54, 1.807) is 30.3 Å². The van der Waals surface area contributed by atoms with E-state index in [0.717, 1.165) is 27.7 Å². The summed E-state index contributed by atoms with van der Waals surface area (Å²) in [5, 5.41) is 0.656. The molecule has 0 bridgehead atoms. The number of hydrogen-bond donors (Lipinski definition) is 0. The third-order valence-corrected chi connectivity index (χ3v) is 5.35. The van der Waals surface area contributed by atoms with Gasteiger partial charge in [0.25, 0.3) is 10.0 Å². The van der Waals surface area contributed by atoms with Gasteiger partial charge in [0.2, 0.25) is 0 Å². The Morgan fingerprint density at radius 3 is 2.42 bits per heavy atom. The molecule has 0 unspecified atom stereocenters. The Labute approximate surface area is 136 Å². The molecule has 0 amide bonds. The molecule has 2 aromatic carbocycles. The fraction of sp³-hybridized carbons (Fsp3) is 0.0588. The van der Waals surface area contributed by atoms with Crippen molar-refractivity contribution in [1.82, 2.24) is 3.97 Å². The second-order valence-electron chi connectivity index (χ2n) is 5.13. The lowest BCUT2D eigenvalue weighted by Gasteiger charge is -2.11. The minimum atomic E-state index is -4.61. The summed E-state index contributed by atoms with van der Waals surface area (Å²) >= 11 is 0. The van der Waals surface area contributed by atoms with Crippen molar-refractivity contribution in [3.63, 3.8) is 0 Å². The third-order valence-electron chi connectivity index (χ3n) is 3.67. The zero-order valence-electron chi connectivity index (χ0n) is 12.3. The fourth-order valence-corrected chi connectivity index (χ4v) is 3.89. The molecule has 124 valence electrons. The van der Waals surface area contributed by atoms with E-state index in [1.165, 1.54) is 6.20 Å². The van der Waals surface area contributed by atoms with Gasteiger partial charge in [-0.05, 0) is 35.9 Å². The Morgan fingerprint density at radius 1 is 1.04 bits per heavy atom. The molecule has 0 aliphatic heterocycles. The van der Waals surface area contributed by atoms with Crippen molar-refractivity contribution >= 4 is 27.0 Å². The van der Waals surface area contributed by atoms with Gasteiger partial charge in [0.05, 0.1) is 16.0 Å². The SMILES string of the molecule is C=Cc1cccc2c1ccn2S(=O)(=O)c1cccc(C(F)(F)F)c1. The third kappa shape index (κ3) is 2.60. The van der Waals surface area contributed by atoms with Gasteiger partial charge >= 0.3 is 6.18 Å². The molecule has 7 heteroatoms. The van der Waals surface area contributed by atoms with Crippen LogP contribution in [0.1, 0.15) is 11.1 Å². The first-order valence-electron chi connectivity index (χ1n) is 6.90. The molecule has 0 fully saturated rings. The first-order valence-corrected chi connectivity index (χ1v) is 8.34. The molecule has 0 spiro atoms. The van der Waals surface area contributed by atoms with Crippen molar-refractivity contribution in [2.45, 2.75) is 11.1 Å². The average Bonchev–Trinajstić information content (AvgIpc) is 2.99. The topological polar surface area (TPSA) is 39.1 Å². The first kappa shape index (κ1) is 16.3. The molecule has 1 aromatic heterocycles. The van der Waals surface area contributed by atoms with Crippen LogP contribution in [0, 0.1) is 0 Å². The van der Waals surface area contributed by atoms with E-state index in [2.05, 4.69) is 6.58 Å². The highest BCUT2D eigenvalue weighted by molar-refractivity contribution is 7.90. The summed E-state index contributed by atoms with van der Waals surface area (Å²) in [5.74, 6) is 0. The van der Waals surface area contributed by atoms with Crippen LogP contribution in [0.4, 0.5) is 13.2 Å². The van der Waals surface area contributed by atoms with Crippen LogP contribution < -0.4 is 0 Å². The maximum atomic E-state index is 12.8. The van der Waals surface area contributed by atoms with Gasteiger partial charge < -0.3 is 0 Å². The van der Waals surface area contributed by atoms with Crippen molar-refractivity contribution in [2.24, 2.45) is 0 Å². The lowest BCUT2D eigenvalue weighted by atomic mass is 10.1. The van der Waals surface area contributed by atoms with E-state index in [1.807, 2.05) is 0 Å². The van der Waals surface area contributed by atoms with E-state index >= 15 is 0 Å². The van der Waals surface area contributed by atoms with Crippen molar-refractivity contribution < 1.29 is 21.6 Å². The van der Waals surface area contributed by atoms with Gasteiger partial charge in [-0.1, -0.05) is 30.9 Å². The number of aromatic nitrogens is 1. The Morgan fingerprint density at radius 2 is 1.75 bits per heavy atom. The monoisotopic (exact) mass is 351 g/mol. The van der Waals surface area contributed by atoms with Gasteiger partial charge in [0.15, 0.2) is 0 Å². The molecule has 0 radical (unpaired) electrons. The van der Waals surface area contributed by atoms with Crippen molar-refractivity contribution in [1.29, 1.82) is 0 Å². The molecule has 0 atom stereocenters. The van der Waals surface area contributed by atoms with E-state index in [0.29, 0.717) is 17.0 Å². The van der Waals surface area contributed by atoms with Gasteiger partial charge in [-0.15, -0.1) is 0 Å². The highest BCUT2D eigenvalue weighted by Gasteiger charge is 2.32. The molecule has 0 aliphatic carbocycles. The molecule has 0 saturated heterocycles. The Balaban J connectivity index is 2.21. The average molecular weight is 351 g/mol. The summed E-state index contributed by atoms with van der Waals surface area (Å²) in [6.07, 6.45) is -1.70. The number of alkyl halides is 3. The van der Waals surface area contributed by atoms with Crippen LogP contribution in [0.3, 0.4) is 0 Å². The number of benzene rings is 2. The van der Waals surface area contributed by atoms with Gasteiger partial charge in [-0.25, -0.2) is 12.4 Å². The Hall–Kier alpha value is -2.54. The highest BCUT2D eigenvalue weighted by atomic mass is 32.2. The first-order chi connectivity index (χ1) is 11.2. The molecule has 0 aliphatic rings. The molecule has 3 nitrogen and oxygen atoms in total. The number of rotatable bonds is 3. The predicted molar refractivity (Wildman–Crippen MR) is 86.1 cm³/mol. The lowest BCUT2D eigenvalue weighted by molar-refractivity contribution is -0.137. The van der Waals surface area contributed by atoms with Crippen LogP contribution in [0.15, 0.2) is 66.2 Å². The van der Waals surface area contributed by atoms with Gasteiger partial charge in [-0.2, -0.15) is 13.2 Å². The lowest BCUT2D eigenvalue weighted by Crippen LogP contribution is -2.13. The number of fused-ring (bicyclic) bond motifs is 1. The highest BCUT2D eigenvalue weighted by Crippen LogP contribution is 2.32.